The fraction of sp³-hybridized carbons (Fsp3) is 0.167. The molecule has 0 aliphatic carbocycles. The highest BCUT2D eigenvalue weighted by molar-refractivity contribution is 5.85. The number of hydrogen-bond acceptors (Lipinski definition) is 4. The van der Waals surface area contributed by atoms with E-state index >= 15 is 0 Å². The van der Waals surface area contributed by atoms with Crippen molar-refractivity contribution in [3.63, 3.8) is 0 Å². The second kappa shape index (κ2) is 6.54. The maximum Gasteiger partial charge on any atom is 0.280 e. The molecule has 2 aromatic carbocycles. The largest absolute Gasteiger partial charge is 0.483 e. The Kier molecular flexibility index (Phi) is 4.29. The summed E-state index contributed by atoms with van der Waals surface area (Å²) in [5, 5.41) is 0.440. The fourth-order valence-electron chi connectivity index (χ4n) is 2.42. The molecular weight excluding hydrogens is 306 g/mol. The van der Waals surface area contributed by atoms with Crippen molar-refractivity contribution in [3.05, 3.63) is 70.3 Å². The summed E-state index contributed by atoms with van der Waals surface area (Å²) in [5.74, 6) is 0.203. The Hall–Kier alpha value is -3.15. The van der Waals surface area contributed by atoms with Crippen LogP contribution in [0.25, 0.3) is 10.9 Å². The van der Waals surface area contributed by atoms with Gasteiger partial charge in [-0.05, 0) is 37.6 Å². The van der Waals surface area contributed by atoms with Gasteiger partial charge in [-0.3, -0.25) is 15.0 Å². The minimum atomic E-state index is -0.436. The van der Waals surface area contributed by atoms with Crippen molar-refractivity contribution >= 4 is 16.8 Å². The second-order valence-electron chi connectivity index (χ2n) is 5.53. The van der Waals surface area contributed by atoms with Crippen LogP contribution in [0.3, 0.4) is 0 Å². The fourth-order valence-corrected chi connectivity index (χ4v) is 2.42. The molecule has 3 rings (SSSR count). The Balaban J connectivity index is 1.71. The Labute approximate surface area is 138 Å². The lowest BCUT2D eigenvalue weighted by molar-refractivity contribution is -0.119. The summed E-state index contributed by atoms with van der Waals surface area (Å²) < 4.78 is 6.57. The highest BCUT2D eigenvalue weighted by atomic mass is 16.5. The number of carbonyl (C=O) groups excluding carboxylic acids is 1. The topological polar surface area (TPSA) is 73.2 Å². The molecule has 6 nitrogen and oxygen atoms in total. The number of rotatable bonds is 4. The number of fused-ring (bicyclic) bond motifs is 1. The molecule has 6 heteroatoms. The smallest absolute Gasteiger partial charge is 0.280 e. The van der Waals surface area contributed by atoms with Gasteiger partial charge in [-0.15, -0.1) is 0 Å². The number of carbonyl (C=O) groups is 1. The van der Waals surface area contributed by atoms with Crippen LogP contribution in [0.1, 0.15) is 11.1 Å². The van der Waals surface area contributed by atoms with Crippen molar-refractivity contribution < 1.29 is 9.53 Å². The number of para-hydroxylation sites is 1. The third-order valence-corrected chi connectivity index (χ3v) is 3.60. The van der Waals surface area contributed by atoms with Crippen LogP contribution in [0.2, 0.25) is 0 Å². The summed E-state index contributed by atoms with van der Waals surface area (Å²) in [5.41, 5.74) is 4.81. The average molecular weight is 323 g/mol. The van der Waals surface area contributed by atoms with Gasteiger partial charge in [-0.1, -0.05) is 29.8 Å². The van der Waals surface area contributed by atoms with Crippen LogP contribution in [-0.2, 0) is 4.79 Å². The maximum absolute atomic E-state index is 12.3. The first-order valence-corrected chi connectivity index (χ1v) is 7.51. The summed E-state index contributed by atoms with van der Waals surface area (Å²) >= 11 is 0. The number of nitrogens with one attached hydrogen (secondary N) is 1. The number of aromatic nitrogens is 2. The van der Waals surface area contributed by atoms with Crippen molar-refractivity contribution in [1.29, 1.82) is 0 Å². The summed E-state index contributed by atoms with van der Waals surface area (Å²) in [4.78, 5) is 28.5. The van der Waals surface area contributed by atoms with Crippen LogP contribution in [0.5, 0.6) is 5.75 Å². The first-order chi connectivity index (χ1) is 11.5. The molecule has 0 atom stereocenters. The van der Waals surface area contributed by atoms with Crippen LogP contribution >= 0.6 is 0 Å². The zero-order valence-corrected chi connectivity index (χ0v) is 13.4. The van der Waals surface area contributed by atoms with E-state index in [2.05, 4.69) is 10.4 Å². The molecular formula is C18H17N3O3. The van der Waals surface area contributed by atoms with E-state index in [9.17, 15) is 9.59 Å². The van der Waals surface area contributed by atoms with E-state index in [1.165, 1.54) is 6.33 Å². The predicted molar refractivity (Wildman–Crippen MR) is 91.8 cm³/mol. The van der Waals surface area contributed by atoms with Gasteiger partial charge in [0, 0.05) is 0 Å². The molecule has 0 spiro atoms. The Morgan fingerprint density at radius 1 is 1.21 bits per heavy atom. The van der Waals surface area contributed by atoms with E-state index in [4.69, 9.17) is 4.74 Å². The molecule has 0 aliphatic rings. The van der Waals surface area contributed by atoms with Crippen molar-refractivity contribution in [2.75, 3.05) is 12.0 Å². The predicted octanol–water partition coefficient (Wildman–Crippen LogP) is 2.16. The van der Waals surface area contributed by atoms with Gasteiger partial charge in [0.15, 0.2) is 6.61 Å². The first kappa shape index (κ1) is 15.7. The molecule has 0 aliphatic heterocycles. The standard InChI is InChI=1S/C18H17N3O3/c1-12-7-8-16(13(2)9-12)24-10-17(22)20-21-11-19-15-6-4-3-5-14(15)18(21)23/h3-9,11H,10H2,1-2H3,(H,20,22). The van der Waals surface area contributed by atoms with E-state index in [-0.39, 0.29) is 12.2 Å². The highest BCUT2D eigenvalue weighted by Crippen LogP contribution is 2.18. The van der Waals surface area contributed by atoms with Gasteiger partial charge < -0.3 is 4.74 Å². The number of ether oxygens (including phenoxy) is 1. The van der Waals surface area contributed by atoms with Gasteiger partial charge in [0.05, 0.1) is 10.9 Å². The molecule has 122 valence electrons. The van der Waals surface area contributed by atoms with Crippen LogP contribution in [0, 0.1) is 13.8 Å². The third kappa shape index (κ3) is 3.27. The molecule has 0 fully saturated rings. The van der Waals surface area contributed by atoms with Crippen molar-refractivity contribution in [2.24, 2.45) is 0 Å². The van der Waals surface area contributed by atoms with Gasteiger partial charge in [0.2, 0.25) is 0 Å². The number of aryl methyl sites for hydroxylation is 2. The van der Waals surface area contributed by atoms with Gasteiger partial charge in [-0.25, -0.2) is 9.66 Å². The molecule has 0 unspecified atom stereocenters. The minimum absolute atomic E-state index is 0.191. The molecule has 1 aromatic heterocycles. The molecule has 0 radical (unpaired) electrons. The summed E-state index contributed by atoms with van der Waals surface area (Å²) in [7, 11) is 0. The Morgan fingerprint density at radius 2 is 2.00 bits per heavy atom. The molecule has 3 aromatic rings. The molecule has 1 heterocycles. The SMILES string of the molecule is Cc1ccc(OCC(=O)Nn2cnc3ccccc3c2=O)c(C)c1. The number of nitrogens with zero attached hydrogens (tertiary/aromatic N) is 2. The zero-order valence-electron chi connectivity index (χ0n) is 13.4. The molecule has 24 heavy (non-hydrogen) atoms. The molecule has 1 amide bonds. The third-order valence-electron chi connectivity index (χ3n) is 3.60. The van der Waals surface area contributed by atoms with E-state index in [1.54, 1.807) is 24.3 Å². The van der Waals surface area contributed by atoms with Crippen LogP contribution in [0.4, 0.5) is 0 Å². The molecule has 0 saturated carbocycles. The first-order valence-electron chi connectivity index (χ1n) is 7.51. The Morgan fingerprint density at radius 3 is 2.79 bits per heavy atom. The number of amides is 1. The van der Waals surface area contributed by atoms with E-state index in [0.717, 1.165) is 15.8 Å². The van der Waals surface area contributed by atoms with Gasteiger partial charge in [-0.2, -0.15) is 0 Å². The number of benzene rings is 2. The molecule has 0 bridgehead atoms. The Bertz CT molecular complexity index is 963. The summed E-state index contributed by atoms with van der Waals surface area (Å²) in [6.45, 7) is 3.71. The lowest BCUT2D eigenvalue weighted by atomic mass is 10.1. The maximum atomic E-state index is 12.3. The average Bonchev–Trinajstić information content (AvgIpc) is 2.57. The summed E-state index contributed by atoms with van der Waals surface area (Å²) in [6.07, 6.45) is 1.29. The summed E-state index contributed by atoms with van der Waals surface area (Å²) in [6, 6.07) is 12.7. The lowest BCUT2D eigenvalue weighted by Crippen LogP contribution is -2.35. The van der Waals surface area contributed by atoms with E-state index in [0.29, 0.717) is 16.7 Å². The van der Waals surface area contributed by atoms with Crippen LogP contribution in [0.15, 0.2) is 53.6 Å². The van der Waals surface area contributed by atoms with Crippen LogP contribution < -0.4 is 15.7 Å². The second-order valence-corrected chi connectivity index (χ2v) is 5.53. The van der Waals surface area contributed by atoms with Crippen molar-refractivity contribution in [1.82, 2.24) is 9.66 Å². The lowest BCUT2D eigenvalue weighted by Gasteiger charge is -2.11. The van der Waals surface area contributed by atoms with Crippen LogP contribution in [-0.4, -0.2) is 22.2 Å². The van der Waals surface area contributed by atoms with Crippen molar-refractivity contribution in [3.8, 4) is 5.75 Å². The normalized spacial score (nSPS) is 10.6. The van der Waals surface area contributed by atoms with Gasteiger partial charge in [0.1, 0.15) is 12.1 Å². The minimum Gasteiger partial charge on any atom is -0.483 e. The molecule has 1 N–H and O–H groups in total. The van der Waals surface area contributed by atoms with E-state index < -0.39 is 5.91 Å². The van der Waals surface area contributed by atoms with Crippen molar-refractivity contribution in [2.45, 2.75) is 13.8 Å². The highest BCUT2D eigenvalue weighted by Gasteiger charge is 2.08. The zero-order chi connectivity index (χ0) is 17.1. The number of hydrogen-bond donors (Lipinski definition) is 1. The van der Waals surface area contributed by atoms with E-state index in [1.807, 2.05) is 32.0 Å². The van der Waals surface area contributed by atoms with Gasteiger partial charge >= 0.3 is 0 Å². The quantitative estimate of drug-likeness (QED) is 0.798. The molecule has 0 saturated heterocycles. The van der Waals surface area contributed by atoms with Gasteiger partial charge in [0.25, 0.3) is 11.5 Å². The monoisotopic (exact) mass is 323 g/mol.